The second-order valence-electron chi connectivity index (χ2n) is 5.29. The number of aryl methyl sites for hydroxylation is 1. The van der Waals surface area contributed by atoms with Crippen LogP contribution in [0.4, 0.5) is 13.2 Å². The lowest BCUT2D eigenvalue weighted by Gasteiger charge is -2.10. The molecule has 140 valence electrons. The lowest BCUT2D eigenvalue weighted by molar-refractivity contribution is -0.142. The maximum atomic E-state index is 12.9. The van der Waals surface area contributed by atoms with Crippen LogP contribution in [0, 0.1) is 0 Å². The van der Waals surface area contributed by atoms with Crippen molar-refractivity contribution in [2.45, 2.75) is 19.1 Å². The molecule has 1 heterocycles. The van der Waals surface area contributed by atoms with Crippen molar-refractivity contribution in [1.29, 1.82) is 0 Å². The fraction of sp³-hybridized carbons (Fsp3) is 0.438. The van der Waals surface area contributed by atoms with Gasteiger partial charge in [0, 0.05) is 25.4 Å². The third-order valence-electron chi connectivity index (χ3n) is 3.53. The van der Waals surface area contributed by atoms with Gasteiger partial charge in [-0.15, -0.1) is 12.4 Å². The first-order valence-corrected chi connectivity index (χ1v) is 7.36. The minimum Gasteiger partial charge on any atom is -0.493 e. The number of aromatic nitrogens is 2. The standard InChI is InChI=1S/C16H20F3N3O2.ClH/c1-22-10-12(15(21-22)16(17,18)19)9-20-7-6-11-4-5-13(23-2)14(8-11)24-3;/h4-5,8,10,20H,6-7,9H2,1-3H3;1H. The van der Waals surface area contributed by atoms with Crippen molar-refractivity contribution < 1.29 is 22.6 Å². The number of nitrogens with one attached hydrogen (secondary N) is 1. The normalized spacial score (nSPS) is 11.1. The lowest BCUT2D eigenvalue weighted by Crippen LogP contribution is -2.19. The second kappa shape index (κ2) is 8.96. The molecule has 1 aromatic heterocycles. The third-order valence-corrected chi connectivity index (χ3v) is 3.53. The van der Waals surface area contributed by atoms with Crippen LogP contribution in [0.2, 0.25) is 0 Å². The van der Waals surface area contributed by atoms with Crippen molar-refractivity contribution in [1.82, 2.24) is 15.1 Å². The lowest BCUT2D eigenvalue weighted by atomic mass is 10.1. The zero-order valence-corrected chi connectivity index (χ0v) is 15.0. The highest BCUT2D eigenvalue weighted by Gasteiger charge is 2.36. The maximum absolute atomic E-state index is 12.9. The molecule has 1 N–H and O–H groups in total. The molecule has 0 radical (unpaired) electrons. The Morgan fingerprint density at radius 2 is 1.84 bits per heavy atom. The Labute approximate surface area is 150 Å². The maximum Gasteiger partial charge on any atom is 0.435 e. The monoisotopic (exact) mass is 379 g/mol. The fourth-order valence-corrected chi connectivity index (χ4v) is 2.40. The molecule has 0 amide bonds. The average Bonchev–Trinajstić information content (AvgIpc) is 2.92. The van der Waals surface area contributed by atoms with E-state index in [4.69, 9.17) is 9.47 Å². The van der Waals surface area contributed by atoms with Crippen molar-refractivity contribution >= 4 is 12.4 Å². The fourth-order valence-electron chi connectivity index (χ4n) is 2.40. The van der Waals surface area contributed by atoms with Crippen molar-refractivity contribution in [3.63, 3.8) is 0 Å². The van der Waals surface area contributed by atoms with Crippen LogP contribution in [0.15, 0.2) is 24.4 Å². The number of hydrogen-bond donors (Lipinski definition) is 1. The Morgan fingerprint density at radius 1 is 1.16 bits per heavy atom. The van der Waals surface area contributed by atoms with E-state index in [2.05, 4.69) is 10.4 Å². The summed E-state index contributed by atoms with van der Waals surface area (Å²) in [7, 11) is 4.59. The summed E-state index contributed by atoms with van der Waals surface area (Å²) in [6.45, 7) is 0.637. The Morgan fingerprint density at radius 3 is 2.44 bits per heavy atom. The molecule has 1 aromatic carbocycles. The number of benzene rings is 1. The van der Waals surface area contributed by atoms with Gasteiger partial charge in [-0.3, -0.25) is 4.68 Å². The zero-order valence-electron chi connectivity index (χ0n) is 14.2. The number of hydrogen-bond acceptors (Lipinski definition) is 4. The van der Waals surface area contributed by atoms with Crippen molar-refractivity contribution in [2.24, 2.45) is 7.05 Å². The molecular formula is C16H21ClF3N3O2. The van der Waals surface area contributed by atoms with Crippen LogP contribution in [-0.2, 0) is 26.2 Å². The molecular weight excluding hydrogens is 359 g/mol. The van der Waals surface area contributed by atoms with Gasteiger partial charge < -0.3 is 14.8 Å². The first-order valence-electron chi connectivity index (χ1n) is 7.36. The highest BCUT2D eigenvalue weighted by molar-refractivity contribution is 5.85. The van der Waals surface area contributed by atoms with Crippen LogP contribution in [0.5, 0.6) is 11.5 Å². The van der Waals surface area contributed by atoms with E-state index in [1.165, 1.54) is 17.9 Å². The van der Waals surface area contributed by atoms with Gasteiger partial charge in [0.1, 0.15) is 0 Å². The SMILES string of the molecule is COc1ccc(CCNCc2cn(C)nc2C(F)(F)F)cc1OC.Cl. The van der Waals surface area contributed by atoms with Crippen molar-refractivity contribution in [3.05, 3.63) is 41.2 Å². The molecule has 25 heavy (non-hydrogen) atoms. The molecule has 0 fully saturated rings. The van der Waals surface area contributed by atoms with E-state index in [0.29, 0.717) is 24.5 Å². The molecule has 0 atom stereocenters. The van der Waals surface area contributed by atoms with E-state index in [-0.39, 0.29) is 24.5 Å². The summed E-state index contributed by atoms with van der Waals surface area (Å²) in [6.07, 6.45) is -2.41. The summed E-state index contributed by atoms with van der Waals surface area (Å²) < 4.78 is 50.2. The Balaban J connectivity index is 0.00000312. The van der Waals surface area contributed by atoms with E-state index in [1.807, 2.05) is 12.1 Å². The quantitative estimate of drug-likeness (QED) is 0.750. The Hall–Kier alpha value is -1.93. The molecule has 2 rings (SSSR count). The number of alkyl halides is 3. The topological polar surface area (TPSA) is 48.3 Å². The molecule has 0 bridgehead atoms. The van der Waals surface area contributed by atoms with Crippen LogP contribution < -0.4 is 14.8 Å². The summed E-state index contributed by atoms with van der Waals surface area (Å²) in [6, 6.07) is 5.55. The van der Waals surface area contributed by atoms with Crippen LogP contribution in [0.3, 0.4) is 0 Å². The van der Waals surface area contributed by atoms with E-state index >= 15 is 0 Å². The highest BCUT2D eigenvalue weighted by Crippen LogP contribution is 2.30. The molecule has 5 nitrogen and oxygen atoms in total. The minimum absolute atomic E-state index is 0. The predicted octanol–water partition coefficient (Wildman–Crippen LogP) is 3.21. The van der Waals surface area contributed by atoms with Gasteiger partial charge in [0.05, 0.1) is 14.2 Å². The van der Waals surface area contributed by atoms with Crippen LogP contribution in [0.1, 0.15) is 16.8 Å². The van der Waals surface area contributed by atoms with Gasteiger partial charge >= 0.3 is 6.18 Å². The summed E-state index contributed by atoms with van der Waals surface area (Å²) in [4.78, 5) is 0. The molecule has 0 saturated heterocycles. The number of methoxy groups -OCH3 is 2. The van der Waals surface area contributed by atoms with Gasteiger partial charge in [-0.2, -0.15) is 18.3 Å². The van der Waals surface area contributed by atoms with Gasteiger partial charge in [0.15, 0.2) is 17.2 Å². The minimum atomic E-state index is -4.44. The van der Waals surface area contributed by atoms with Gasteiger partial charge in [0.25, 0.3) is 0 Å². The first-order chi connectivity index (χ1) is 11.3. The largest absolute Gasteiger partial charge is 0.493 e. The Kier molecular flexibility index (Phi) is 7.57. The van der Waals surface area contributed by atoms with Crippen molar-refractivity contribution in [3.8, 4) is 11.5 Å². The summed E-state index contributed by atoms with van der Waals surface area (Å²) in [5, 5.41) is 6.50. The van der Waals surface area contributed by atoms with Crippen LogP contribution in [-0.4, -0.2) is 30.5 Å². The summed E-state index contributed by atoms with van der Waals surface area (Å²) >= 11 is 0. The molecule has 9 heteroatoms. The molecule has 0 aliphatic carbocycles. The van der Waals surface area contributed by atoms with Crippen molar-refractivity contribution in [2.75, 3.05) is 20.8 Å². The van der Waals surface area contributed by atoms with Gasteiger partial charge in [-0.1, -0.05) is 6.07 Å². The van der Waals surface area contributed by atoms with Crippen LogP contribution >= 0.6 is 12.4 Å². The van der Waals surface area contributed by atoms with Crippen LogP contribution in [0.25, 0.3) is 0 Å². The molecule has 2 aromatic rings. The van der Waals surface area contributed by atoms with Gasteiger partial charge in [-0.05, 0) is 30.7 Å². The number of ether oxygens (including phenoxy) is 2. The van der Waals surface area contributed by atoms with Gasteiger partial charge in [0.2, 0.25) is 0 Å². The Bertz CT molecular complexity index is 690. The molecule has 0 aliphatic heterocycles. The number of rotatable bonds is 7. The zero-order chi connectivity index (χ0) is 17.7. The smallest absolute Gasteiger partial charge is 0.435 e. The summed E-state index contributed by atoms with van der Waals surface area (Å²) in [5.74, 6) is 1.26. The molecule has 0 spiro atoms. The molecule has 0 unspecified atom stereocenters. The second-order valence-corrected chi connectivity index (χ2v) is 5.29. The number of halogens is 4. The first kappa shape index (κ1) is 21.1. The van der Waals surface area contributed by atoms with E-state index in [1.54, 1.807) is 20.3 Å². The van der Waals surface area contributed by atoms with E-state index < -0.39 is 11.9 Å². The van der Waals surface area contributed by atoms with E-state index in [9.17, 15) is 13.2 Å². The van der Waals surface area contributed by atoms with Gasteiger partial charge in [-0.25, -0.2) is 0 Å². The third kappa shape index (κ3) is 5.54. The predicted molar refractivity (Wildman–Crippen MR) is 90.4 cm³/mol. The van der Waals surface area contributed by atoms with E-state index in [0.717, 1.165) is 5.56 Å². The average molecular weight is 380 g/mol. The molecule has 0 aliphatic rings. The molecule has 0 saturated carbocycles. The number of nitrogens with zero attached hydrogens (tertiary/aromatic N) is 2. The summed E-state index contributed by atoms with van der Waals surface area (Å²) in [5.41, 5.74) is 0.295. The highest BCUT2D eigenvalue weighted by atomic mass is 35.5.